The van der Waals surface area contributed by atoms with Crippen molar-refractivity contribution in [1.29, 1.82) is 0 Å². The summed E-state index contributed by atoms with van der Waals surface area (Å²) in [7, 11) is 0. The highest BCUT2D eigenvalue weighted by Gasteiger charge is 2.32. The number of rotatable bonds is 1. The van der Waals surface area contributed by atoms with Gasteiger partial charge in [0.1, 0.15) is 5.75 Å². The summed E-state index contributed by atoms with van der Waals surface area (Å²) < 4.78 is 16.2. The van der Waals surface area contributed by atoms with Gasteiger partial charge in [-0.1, -0.05) is 24.3 Å². The van der Waals surface area contributed by atoms with Gasteiger partial charge in [0, 0.05) is 17.5 Å². The van der Waals surface area contributed by atoms with E-state index in [1.807, 2.05) is 18.2 Å². The number of carbonyl (C=O) groups is 1. The first-order valence-electron chi connectivity index (χ1n) is 6.92. The average Bonchev–Trinajstić information content (AvgIpc) is 2.92. The molecule has 1 atom stereocenters. The maximum Gasteiger partial charge on any atom is 0.312 e. The fourth-order valence-corrected chi connectivity index (χ4v) is 3.00. The molecule has 21 heavy (non-hydrogen) atoms. The number of aryl methyl sites for hydroxylation is 1. The van der Waals surface area contributed by atoms with Crippen molar-refractivity contribution in [3.05, 3.63) is 53.1 Å². The molecule has 0 saturated heterocycles. The average molecular weight is 282 g/mol. The molecule has 0 spiro atoms. The second-order valence-electron chi connectivity index (χ2n) is 5.33. The van der Waals surface area contributed by atoms with Crippen LogP contribution in [0.1, 0.15) is 29.0 Å². The summed E-state index contributed by atoms with van der Waals surface area (Å²) in [5.74, 6) is 1.70. The zero-order valence-corrected chi connectivity index (χ0v) is 11.6. The third-order valence-corrected chi connectivity index (χ3v) is 4.04. The maximum absolute atomic E-state index is 11.9. The molecule has 2 heterocycles. The summed E-state index contributed by atoms with van der Waals surface area (Å²) in [5, 5.41) is 0. The molecule has 0 unspecified atom stereocenters. The van der Waals surface area contributed by atoms with Crippen LogP contribution >= 0.6 is 0 Å². The first-order valence-corrected chi connectivity index (χ1v) is 6.92. The highest BCUT2D eigenvalue weighted by Crippen LogP contribution is 2.46. The van der Waals surface area contributed by atoms with E-state index in [2.05, 4.69) is 19.1 Å². The molecule has 0 radical (unpaired) electrons. The Labute approximate surface area is 122 Å². The van der Waals surface area contributed by atoms with Crippen LogP contribution < -0.4 is 14.2 Å². The maximum atomic E-state index is 11.9. The number of carbonyl (C=O) groups excluding carboxylic acids is 1. The Hall–Kier alpha value is -2.49. The van der Waals surface area contributed by atoms with E-state index < -0.39 is 0 Å². The van der Waals surface area contributed by atoms with Gasteiger partial charge in [-0.3, -0.25) is 4.79 Å². The van der Waals surface area contributed by atoms with E-state index >= 15 is 0 Å². The number of benzene rings is 2. The van der Waals surface area contributed by atoms with E-state index in [-0.39, 0.29) is 18.7 Å². The molecule has 4 nitrogen and oxygen atoms in total. The SMILES string of the molecule is Cc1ccccc1[C@@H]1CC(=O)Oc2cc3c(cc21)OCO3. The largest absolute Gasteiger partial charge is 0.454 e. The predicted molar refractivity (Wildman–Crippen MR) is 75.8 cm³/mol. The molecule has 2 aromatic rings. The third-order valence-electron chi connectivity index (χ3n) is 4.04. The van der Waals surface area contributed by atoms with E-state index in [9.17, 15) is 4.79 Å². The van der Waals surface area contributed by atoms with Crippen LogP contribution in [0.3, 0.4) is 0 Å². The summed E-state index contributed by atoms with van der Waals surface area (Å²) in [6.45, 7) is 2.27. The van der Waals surface area contributed by atoms with E-state index in [4.69, 9.17) is 14.2 Å². The summed E-state index contributed by atoms with van der Waals surface area (Å²) in [5.41, 5.74) is 3.29. The number of hydrogen-bond acceptors (Lipinski definition) is 4. The van der Waals surface area contributed by atoms with Crippen LogP contribution in [0, 0.1) is 6.92 Å². The Kier molecular flexibility index (Phi) is 2.64. The van der Waals surface area contributed by atoms with Crippen molar-refractivity contribution in [1.82, 2.24) is 0 Å². The number of hydrogen-bond donors (Lipinski definition) is 0. The van der Waals surface area contributed by atoms with Gasteiger partial charge in [-0.2, -0.15) is 0 Å². The first kappa shape index (κ1) is 12.3. The number of fused-ring (bicyclic) bond motifs is 2. The Morgan fingerprint density at radius 3 is 2.57 bits per heavy atom. The zero-order chi connectivity index (χ0) is 14.4. The van der Waals surface area contributed by atoms with Crippen LogP contribution in [-0.2, 0) is 4.79 Å². The molecule has 0 bridgehead atoms. The Morgan fingerprint density at radius 1 is 1.00 bits per heavy atom. The van der Waals surface area contributed by atoms with Gasteiger partial charge < -0.3 is 14.2 Å². The predicted octanol–water partition coefficient (Wildman–Crippen LogP) is 3.16. The topological polar surface area (TPSA) is 44.8 Å². The number of ether oxygens (including phenoxy) is 3. The van der Waals surface area contributed by atoms with Crippen LogP contribution in [0.15, 0.2) is 36.4 Å². The highest BCUT2D eigenvalue weighted by molar-refractivity contribution is 5.78. The lowest BCUT2D eigenvalue weighted by molar-refractivity contribution is -0.135. The summed E-state index contributed by atoms with van der Waals surface area (Å²) in [4.78, 5) is 11.9. The van der Waals surface area contributed by atoms with Crippen molar-refractivity contribution in [2.45, 2.75) is 19.3 Å². The van der Waals surface area contributed by atoms with Gasteiger partial charge in [0.15, 0.2) is 11.5 Å². The lowest BCUT2D eigenvalue weighted by atomic mass is 9.84. The molecule has 0 amide bonds. The fraction of sp³-hybridized carbons (Fsp3) is 0.235. The van der Waals surface area contributed by atoms with Crippen molar-refractivity contribution in [3.63, 3.8) is 0 Å². The van der Waals surface area contributed by atoms with Crippen molar-refractivity contribution < 1.29 is 19.0 Å². The summed E-state index contributed by atoms with van der Waals surface area (Å²) in [6.07, 6.45) is 0.345. The molecule has 0 saturated carbocycles. The van der Waals surface area contributed by atoms with E-state index in [0.717, 1.165) is 11.1 Å². The molecule has 0 N–H and O–H groups in total. The minimum absolute atomic E-state index is 0.00282. The van der Waals surface area contributed by atoms with Crippen LogP contribution in [0.4, 0.5) is 0 Å². The summed E-state index contributed by atoms with van der Waals surface area (Å²) in [6, 6.07) is 11.8. The lowest BCUT2D eigenvalue weighted by Crippen LogP contribution is -2.21. The molecule has 4 heteroatoms. The molecular weight excluding hydrogens is 268 g/mol. The molecule has 0 aliphatic carbocycles. The smallest absolute Gasteiger partial charge is 0.312 e. The zero-order valence-electron chi connectivity index (χ0n) is 11.6. The molecule has 2 aliphatic heterocycles. The van der Waals surface area contributed by atoms with Crippen LogP contribution in [-0.4, -0.2) is 12.8 Å². The normalized spacial score (nSPS) is 19.1. The van der Waals surface area contributed by atoms with E-state index in [1.165, 1.54) is 5.56 Å². The Morgan fingerprint density at radius 2 is 1.76 bits per heavy atom. The van der Waals surface area contributed by atoms with Gasteiger partial charge in [-0.25, -0.2) is 0 Å². The van der Waals surface area contributed by atoms with Crippen LogP contribution in [0.5, 0.6) is 17.2 Å². The van der Waals surface area contributed by atoms with Crippen LogP contribution in [0.25, 0.3) is 0 Å². The molecule has 0 fully saturated rings. The molecule has 2 aliphatic rings. The summed E-state index contributed by atoms with van der Waals surface area (Å²) >= 11 is 0. The van der Waals surface area contributed by atoms with Gasteiger partial charge >= 0.3 is 5.97 Å². The molecule has 4 rings (SSSR count). The molecule has 106 valence electrons. The van der Waals surface area contributed by atoms with E-state index in [0.29, 0.717) is 23.7 Å². The standard InChI is InChI=1S/C17H14O4/c1-10-4-2-3-5-11(10)12-7-17(18)21-14-8-16-15(6-13(12)14)19-9-20-16/h2-6,8,12H,7,9H2,1H3/t12-/m0/s1. The first-order chi connectivity index (χ1) is 10.2. The fourth-order valence-electron chi connectivity index (χ4n) is 3.00. The Bertz CT molecular complexity index is 736. The third kappa shape index (κ3) is 1.95. The van der Waals surface area contributed by atoms with Crippen molar-refractivity contribution in [3.8, 4) is 17.2 Å². The monoisotopic (exact) mass is 282 g/mol. The minimum atomic E-state index is -0.213. The lowest BCUT2D eigenvalue weighted by Gasteiger charge is -2.26. The molecular formula is C17H14O4. The minimum Gasteiger partial charge on any atom is -0.454 e. The second-order valence-corrected chi connectivity index (χ2v) is 5.33. The van der Waals surface area contributed by atoms with E-state index in [1.54, 1.807) is 6.07 Å². The number of esters is 1. The van der Waals surface area contributed by atoms with Crippen molar-refractivity contribution in [2.75, 3.05) is 6.79 Å². The van der Waals surface area contributed by atoms with Gasteiger partial charge in [-0.15, -0.1) is 0 Å². The van der Waals surface area contributed by atoms with Crippen molar-refractivity contribution >= 4 is 5.97 Å². The van der Waals surface area contributed by atoms with Gasteiger partial charge in [0.25, 0.3) is 0 Å². The Balaban J connectivity index is 1.88. The quantitative estimate of drug-likeness (QED) is 0.595. The highest BCUT2D eigenvalue weighted by atomic mass is 16.7. The van der Waals surface area contributed by atoms with Gasteiger partial charge in [0.05, 0.1) is 6.42 Å². The molecule has 2 aromatic carbocycles. The van der Waals surface area contributed by atoms with Crippen molar-refractivity contribution in [2.24, 2.45) is 0 Å². The van der Waals surface area contributed by atoms with Gasteiger partial charge in [-0.05, 0) is 24.1 Å². The molecule has 0 aromatic heterocycles. The van der Waals surface area contributed by atoms with Gasteiger partial charge in [0.2, 0.25) is 6.79 Å². The van der Waals surface area contributed by atoms with Crippen LogP contribution in [0.2, 0.25) is 0 Å². The second kappa shape index (κ2) is 4.52.